The van der Waals surface area contributed by atoms with Crippen LogP contribution in [0, 0.1) is 0 Å². The van der Waals surface area contributed by atoms with Gasteiger partial charge in [-0.3, -0.25) is 9.59 Å². The molecule has 0 fully saturated rings. The molecule has 1 aromatic carbocycles. The third-order valence-corrected chi connectivity index (χ3v) is 4.54. The molecule has 3 rings (SSSR count). The minimum atomic E-state index is -0.296. The fourth-order valence-corrected chi connectivity index (χ4v) is 3.03. The molecule has 0 saturated heterocycles. The van der Waals surface area contributed by atoms with Crippen LogP contribution >= 0.6 is 23.4 Å². The summed E-state index contributed by atoms with van der Waals surface area (Å²) in [6.45, 7) is 1.84. The van der Waals surface area contributed by atoms with Gasteiger partial charge in [-0.05, 0) is 37.3 Å². The van der Waals surface area contributed by atoms with E-state index in [9.17, 15) is 9.59 Å². The van der Waals surface area contributed by atoms with Crippen LogP contribution in [0.1, 0.15) is 17.3 Å². The Kier molecular flexibility index (Phi) is 4.04. The van der Waals surface area contributed by atoms with E-state index >= 15 is 0 Å². The van der Waals surface area contributed by atoms with Gasteiger partial charge < -0.3 is 10.6 Å². The van der Waals surface area contributed by atoms with Crippen molar-refractivity contribution in [3.63, 3.8) is 0 Å². The molecule has 1 aromatic heterocycles. The molecule has 7 heteroatoms. The van der Waals surface area contributed by atoms with Gasteiger partial charge in [-0.15, -0.1) is 11.8 Å². The van der Waals surface area contributed by atoms with Gasteiger partial charge in [0.15, 0.2) is 0 Å². The van der Waals surface area contributed by atoms with E-state index in [1.165, 1.54) is 18.0 Å². The van der Waals surface area contributed by atoms with Crippen molar-refractivity contribution in [2.75, 3.05) is 10.6 Å². The lowest BCUT2D eigenvalue weighted by Crippen LogP contribution is -2.26. The minimum Gasteiger partial charge on any atom is -0.324 e. The number of pyridine rings is 1. The van der Waals surface area contributed by atoms with Gasteiger partial charge in [0.2, 0.25) is 5.91 Å². The lowest BCUT2D eigenvalue weighted by molar-refractivity contribution is -0.115. The number of rotatable bonds is 2. The largest absolute Gasteiger partial charge is 0.324 e. The van der Waals surface area contributed by atoms with Crippen molar-refractivity contribution in [1.82, 2.24) is 4.98 Å². The van der Waals surface area contributed by atoms with Crippen molar-refractivity contribution in [3.8, 4) is 0 Å². The van der Waals surface area contributed by atoms with Crippen LogP contribution < -0.4 is 10.6 Å². The average molecular weight is 334 g/mol. The summed E-state index contributed by atoms with van der Waals surface area (Å²) in [4.78, 5) is 28.9. The monoisotopic (exact) mass is 333 g/mol. The summed E-state index contributed by atoms with van der Waals surface area (Å²) in [5.41, 5.74) is 1.11. The Morgan fingerprint density at radius 1 is 1.36 bits per heavy atom. The predicted octanol–water partition coefficient (Wildman–Crippen LogP) is 3.42. The van der Waals surface area contributed by atoms with Gasteiger partial charge in [0.05, 0.1) is 16.0 Å². The highest BCUT2D eigenvalue weighted by atomic mass is 35.5. The Morgan fingerprint density at radius 3 is 2.91 bits per heavy atom. The predicted molar refractivity (Wildman–Crippen MR) is 87.6 cm³/mol. The standard InChI is InChI=1S/C15H12ClN3O2S/c1-8-14(20)18-11-6-9(2-4-12(11)22-8)15(21)19-13-5-3-10(16)7-17-13/h2-8H,1H3,(H,18,20)(H,17,19,21)/t8-/m0/s1. The highest BCUT2D eigenvalue weighted by Gasteiger charge is 2.23. The van der Waals surface area contributed by atoms with E-state index in [4.69, 9.17) is 11.6 Å². The molecule has 1 atom stereocenters. The van der Waals surface area contributed by atoms with Gasteiger partial charge in [0.1, 0.15) is 5.82 Å². The molecule has 0 bridgehead atoms. The zero-order valence-corrected chi connectivity index (χ0v) is 13.2. The van der Waals surface area contributed by atoms with Gasteiger partial charge in [-0.2, -0.15) is 0 Å². The van der Waals surface area contributed by atoms with Gasteiger partial charge >= 0.3 is 0 Å². The van der Waals surface area contributed by atoms with Crippen LogP contribution in [-0.2, 0) is 4.79 Å². The van der Waals surface area contributed by atoms with Crippen LogP contribution in [0.25, 0.3) is 0 Å². The van der Waals surface area contributed by atoms with E-state index in [-0.39, 0.29) is 17.1 Å². The lowest BCUT2D eigenvalue weighted by atomic mass is 10.1. The number of anilines is 2. The van der Waals surface area contributed by atoms with Crippen LogP contribution in [0.5, 0.6) is 0 Å². The molecule has 1 aliphatic heterocycles. The Bertz CT molecular complexity index is 749. The first-order chi connectivity index (χ1) is 10.5. The number of nitrogens with zero attached hydrogens (tertiary/aromatic N) is 1. The third kappa shape index (κ3) is 3.08. The number of amides is 2. The van der Waals surface area contributed by atoms with Crippen LogP contribution in [0.15, 0.2) is 41.4 Å². The number of fused-ring (bicyclic) bond motifs is 1. The molecule has 2 amide bonds. The van der Waals surface area contributed by atoms with Gasteiger partial charge in [-0.1, -0.05) is 11.6 Å². The smallest absolute Gasteiger partial charge is 0.256 e. The molecule has 112 valence electrons. The van der Waals surface area contributed by atoms with E-state index < -0.39 is 0 Å². The SMILES string of the molecule is C[C@@H]1Sc2ccc(C(=O)Nc3ccc(Cl)cn3)cc2NC1=O. The van der Waals surface area contributed by atoms with E-state index in [1.807, 2.05) is 13.0 Å². The maximum absolute atomic E-state index is 12.2. The molecule has 5 nitrogen and oxygen atoms in total. The van der Waals surface area contributed by atoms with Crippen molar-refractivity contribution in [3.05, 3.63) is 47.1 Å². The molecule has 1 aliphatic rings. The summed E-state index contributed by atoms with van der Waals surface area (Å²) in [6, 6.07) is 8.49. The molecule has 0 spiro atoms. The summed E-state index contributed by atoms with van der Waals surface area (Å²) >= 11 is 7.23. The van der Waals surface area contributed by atoms with Crippen LogP contribution in [0.3, 0.4) is 0 Å². The molecule has 22 heavy (non-hydrogen) atoms. The third-order valence-electron chi connectivity index (χ3n) is 3.14. The normalized spacial score (nSPS) is 16.6. The number of hydrogen-bond acceptors (Lipinski definition) is 4. The molecule has 0 saturated carbocycles. The fraction of sp³-hybridized carbons (Fsp3) is 0.133. The number of thioether (sulfide) groups is 1. The van der Waals surface area contributed by atoms with Gasteiger partial charge in [-0.25, -0.2) is 4.98 Å². The number of hydrogen-bond donors (Lipinski definition) is 2. The first-order valence-corrected chi connectivity index (χ1v) is 7.83. The molecule has 2 heterocycles. The maximum Gasteiger partial charge on any atom is 0.256 e. The first kappa shape index (κ1) is 14.9. The summed E-state index contributed by atoms with van der Waals surface area (Å²) in [7, 11) is 0. The Hall–Kier alpha value is -2.05. The molecule has 0 radical (unpaired) electrons. The number of carbonyl (C=O) groups is 2. The van der Waals surface area contributed by atoms with Crippen LogP contribution in [0.2, 0.25) is 5.02 Å². The van der Waals surface area contributed by atoms with Crippen molar-refractivity contribution in [2.45, 2.75) is 17.1 Å². The Morgan fingerprint density at radius 2 is 2.18 bits per heavy atom. The molecule has 0 unspecified atom stereocenters. The van der Waals surface area contributed by atoms with Crippen molar-refractivity contribution in [1.29, 1.82) is 0 Å². The van der Waals surface area contributed by atoms with Crippen molar-refractivity contribution < 1.29 is 9.59 Å². The molecular weight excluding hydrogens is 322 g/mol. The van der Waals surface area contributed by atoms with E-state index in [0.717, 1.165) is 4.90 Å². The minimum absolute atomic E-state index is 0.0607. The zero-order valence-electron chi connectivity index (χ0n) is 11.6. The van der Waals surface area contributed by atoms with Crippen molar-refractivity contribution in [2.24, 2.45) is 0 Å². The zero-order chi connectivity index (χ0) is 15.7. The van der Waals surface area contributed by atoms with E-state index in [1.54, 1.807) is 24.3 Å². The highest BCUT2D eigenvalue weighted by Crippen LogP contribution is 2.36. The number of nitrogens with one attached hydrogen (secondary N) is 2. The van der Waals surface area contributed by atoms with Gasteiger partial charge in [0.25, 0.3) is 5.91 Å². The van der Waals surface area contributed by atoms with E-state index in [2.05, 4.69) is 15.6 Å². The van der Waals surface area contributed by atoms with Crippen LogP contribution in [-0.4, -0.2) is 22.0 Å². The topological polar surface area (TPSA) is 71.1 Å². The second kappa shape index (κ2) is 5.98. The number of carbonyl (C=O) groups excluding carboxylic acids is 2. The summed E-state index contributed by atoms with van der Waals surface area (Å²) < 4.78 is 0. The number of aromatic nitrogens is 1. The number of benzene rings is 1. The first-order valence-electron chi connectivity index (χ1n) is 6.57. The second-order valence-electron chi connectivity index (χ2n) is 4.78. The Labute approximate surface area is 136 Å². The van der Waals surface area contributed by atoms with E-state index in [0.29, 0.717) is 22.1 Å². The van der Waals surface area contributed by atoms with Crippen LogP contribution in [0.4, 0.5) is 11.5 Å². The molecule has 0 aliphatic carbocycles. The fourth-order valence-electron chi connectivity index (χ4n) is 1.99. The maximum atomic E-state index is 12.2. The Balaban J connectivity index is 1.80. The number of halogens is 1. The molecule has 2 aromatic rings. The molecule has 2 N–H and O–H groups in total. The lowest BCUT2D eigenvalue weighted by Gasteiger charge is -2.21. The summed E-state index contributed by atoms with van der Waals surface area (Å²) in [6.07, 6.45) is 1.46. The summed E-state index contributed by atoms with van der Waals surface area (Å²) in [5.74, 6) is 0.0593. The highest BCUT2D eigenvalue weighted by molar-refractivity contribution is 8.00. The quantitative estimate of drug-likeness (QED) is 0.883. The van der Waals surface area contributed by atoms with Gasteiger partial charge in [0, 0.05) is 16.7 Å². The average Bonchev–Trinajstić information content (AvgIpc) is 2.50. The molecular formula is C15H12ClN3O2S. The summed E-state index contributed by atoms with van der Waals surface area (Å²) in [5, 5.41) is 5.85. The second-order valence-corrected chi connectivity index (χ2v) is 6.60. The van der Waals surface area contributed by atoms with Crippen molar-refractivity contribution >= 4 is 46.7 Å².